The summed E-state index contributed by atoms with van der Waals surface area (Å²) in [4.78, 5) is 22.4. The zero-order valence-corrected chi connectivity index (χ0v) is 13.2. The van der Waals surface area contributed by atoms with E-state index in [-0.39, 0.29) is 18.0 Å². The lowest BCUT2D eigenvalue weighted by Crippen LogP contribution is -2.20. The second kappa shape index (κ2) is 8.45. The van der Waals surface area contributed by atoms with Gasteiger partial charge >= 0.3 is 11.9 Å². The van der Waals surface area contributed by atoms with Crippen molar-refractivity contribution in [1.82, 2.24) is 0 Å². The van der Waals surface area contributed by atoms with Gasteiger partial charge in [-0.15, -0.1) is 0 Å². The van der Waals surface area contributed by atoms with Gasteiger partial charge in [0.2, 0.25) is 0 Å². The van der Waals surface area contributed by atoms with Crippen molar-refractivity contribution in [2.75, 3.05) is 7.11 Å². The van der Waals surface area contributed by atoms with E-state index >= 15 is 0 Å². The van der Waals surface area contributed by atoms with Crippen LogP contribution >= 0.6 is 0 Å². The monoisotopic (exact) mass is 292 g/mol. The molecule has 0 bridgehead atoms. The molecule has 0 heterocycles. The molecule has 0 fully saturated rings. The van der Waals surface area contributed by atoms with Crippen molar-refractivity contribution in [3.05, 3.63) is 35.4 Å². The number of rotatable bonds is 7. The first-order valence-corrected chi connectivity index (χ1v) is 7.28. The third kappa shape index (κ3) is 5.98. The fourth-order valence-electron chi connectivity index (χ4n) is 2.21. The number of benzene rings is 1. The minimum atomic E-state index is -0.311. The molecule has 21 heavy (non-hydrogen) atoms. The third-order valence-corrected chi connectivity index (χ3v) is 3.63. The molecule has 1 rings (SSSR count). The molecule has 0 radical (unpaired) electrons. The standard InChI is InChI=1S/C17H24O4/c1-12(13(2)21-14(3)18)7-5-8-15-9-6-10-16(11-15)17(19)20-4/h6,9-13H,5,7-8H2,1-4H3. The van der Waals surface area contributed by atoms with Crippen LogP contribution in [0.25, 0.3) is 0 Å². The molecular formula is C17H24O4. The Bertz CT molecular complexity index is 481. The number of carbonyl (C=O) groups excluding carboxylic acids is 2. The van der Waals surface area contributed by atoms with E-state index < -0.39 is 0 Å². The van der Waals surface area contributed by atoms with E-state index in [2.05, 4.69) is 6.92 Å². The van der Waals surface area contributed by atoms with Gasteiger partial charge < -0.3 is 9.47 Å². The van der Waals surface area contributed by atoms with E-state index in [1.165, 1.54) is 14.0 Å². The van der Waals surface area contributed by atoms with Gasteiger partial charge in [0, 0.05) is 6.92 Å². The molecular weight excluding hydrogens is 268 g/mol. The molecule has 0 spiro atoms. The molecule has 0 aliphatic heterocycles. The molecule has 0 N–H and O–H groups in total. The summed E-state index contributed by atoms with van der Waals surface area (Å²) in [5, 5.41) is 0. The Kier molecular flexibility index (Phi) is 6.92. The predicted octanol–water partition coefficient (Wildman–Crippen LogP) is 3.38. The summed E-state index contributed by atoms with van der Waals surface area (Å²) in [5.41, 5.74) is 1.70. The topological polar surface area (TPSA) is 52.6 Å². The molecule has 0 saturated heterocycles. The van der Waals surface area contributed by atoms with E-state index in [0.717, 1.165) is 24.8 Å². The first kappa shape index (κ1) is 17.2. The van der Waals surface area contributed by atoms with Crippen LogP contribution in [0.15, 0.2) is 24.3 Å². The Balaban J connectivity index is 2.45. The first-order chi connectivity index (χ1) is 9.93. The molecule has 0 aliphatic rings. The van der Waals surface area contributed by atoms with Crippen molar-refractivity contribution in [3.63, 3.8) is 0 Å². The summed E-state index contributed by atoms with van der Waals surface area (Å²) in [6.07, 6.45) is 2.78. The lowest BCUT2D eigenvalue weighted by molar-refractivity contribution is -0.147. The van der Waals surface area contributed by atoms with Gasteiger partial charge in [-0.3, -0.25) is 4.79 Å². The molecule has 0 amide bonds. The Hall–Kier alpha value is -1.84. The zero-order chi connectivity index (χ0) is 15.8. The van der Waals surface area contributed by atoms with Gasteiger partial charge in [-0.25, -0.2) is 4.79 Å². The van der Waals surface area contributed by atoms with Crippen LogP contribution in [0.5, 0.6) is 0 Å². The summed E-state index contributed by atoms with van der Waals surface area (Å²) >= 11 is 0. The maximum Gasteiger partial charge on any atom is 0.337 e. The van der Waals surface area contributed by atoms with Crippen LogP contribution in [0.1, 0.15) is 49.5 Å². The summed E-state index contributed by atoms with van der Waals surface area (Å²) in [6.45, 7) is 5.43. The van der Waals surface area contributed by atoms with E-state index in [4.69, 9.17) is 9.47 Å². The van der Waals surface area contributed by atoms with E-state index in [0.29, 0.717) is 11.5 Å². The van der Waals surface area contributed by atoms with Crippen molar-refractivity contribution in [1.29, 1.82) is 0 Å². The van der Waals surface area contributed by atoms with Gasteiger partial charge in [0.05, 0.1) is 12.7 Å². The predicted molar refractivity (Wildman–Crippen MR) is 81.1 cm³/mol. The average Bonchev–Trinajstić information content (AvgIpc) is 2.45. The van der Waals surface area contributed by atoms with E-state index in [1.54, 1.807) is 6.07 Å². The highest BCUT2D eigenvalue weighted by molar-refractivity contribution is 5.89. The molecule has 4 heteroatoms. The number of esters is 2. The number of hydrogen-bond donors (Lipinski definition) is 0. The average molecular weight is 292 g/mol. The SMILES string of the molecule is COC(=O)c1cccc(CCCC(C)C(C)OC(C)=O)c1. The Labute approximate surface area is 126 Å². The summed E-state index contributed by atoms with van der Waals surface area (Å²) in [5.74, 6) is -0.230. The van der Waals surface area contributed by atoms with Gasteiger partial charge in [-0.2, -0.15) is 0 Å². The van der Waals surface area contributed by atoms with Crippen LogP contribution in [0.3, 0.4) is 0 Å². The van der Waals surface area contributed by atoms with Gasteiger partial charge in [-0.05, 0) is 49.8 Å². The second-order valence-corrected chi connectivity index (χ2v) is 5.38. The van der Waals surface area contributed by atoms with Crippen molar-refractivity contribution in [3.8, 4) is 0 Å². The summed E-state index contributed by atoms with van der Waals surface area (Å²) in [6, 6.07) is 7.49. The maximum absolute atomic E-state index is 11.5. The molecule has 0 aliphatic carbocycles. The molecule has 4 nitrogen and oxygen atoms in total. The lowest BCUT2D eigenvalue weighted by atomic mass is 9.96. The van der Waals surface area contributed by atoms with Crippen molar-refractivity contribution in [2.24, 2.45) is 5.92 Å². The van der Waals surface area contributed by atoms with Crippen LogP contribution in [0.2, 0.25) is 0 Å². The minimum absolute atomic E-state index is 0.0658. The lowest BCUT2D eigenvalue weighted by Gasteiger charge is -2.19. The minimum Gasteiger partial charge on any atom is -0.465 e. The van der Waals surface area contributed by atoms with E-state index in [1.807, 2.05) is 25.1 Å². The van der Waals surface area contributed by atoms with Gasteiger partial charge in [0.25, 0.3) is 0 Å². The third-order valence-electron chi connectivity index (χ3n) is 3.63. The van der Waals surface area contributed by atoms with Gasteiger partial charge in [-0.1, -0.05) is 19.1 Å². The van der Waals surface area contributed by atoms with Gasteiger partial charge in [0.1, 0.15) is 6.10 Å². The van der Waals surface area contributed by atoms with Crippen LogP contribution in [-0.2, 0) is 20.7 Å². The molecule has 0 aromatic heterocycles. The molecule has 2 unspecified atom stereocenters. The Morgan fingerprint density at radius 1 is 1.24 bits per heavy atom. The first-order valence-electron chi connectivity index (χ1n) is 7.28. The maximum atomic E-state index is 11.5. The van der Waals surface area contributed by atoms with Crippen LogP contribution in [-0.4, -0.2) is 25.2 Å². The molecule has 116 valence electrons. The van der Waals surface area contributed by atoms with Crippen LogP contribution in [0, 0.1) is 5.92 Å². The van der Waals surface area contributed by atoms with Crippen LogP contribution < -0.4 is 0 Å². The number of hydrogen-bond acceptors (Lipinski definition) is 4. The zero-order valence-electron chi connectivity index (χ0n) is 13.2. The highest BCUT2D eigenvalue weighted by Gasteiger charge is 2.14. The van der Waals surface area contributed by atoms with Gasteiger partial charge in [0.15, 0.2) is 0 Å². The second-order valence-electron chi connectivity index (χ2n) is 5.38. The number of aryl methyl sites for hydroxylation is 1. The quantitative estimate of drug-likeness (QED) is 0.723. The number of carbonyl (C=O) groups is 2. The number of methoxy groups -OCH3 is 1. The normalized spacial score (nSPS) is 13.3. The molecule has 1 aromatic carbocycles. The highest BCUT2D eigenvalue weighted by Crippen LogP contribution is 2.17. The van der Waals surface area contributed by atoms with Crippen molar-refractivity contribution < 1.29 is 19.1 Å². The Morgan fingerprint density at radius 2 is 1.95 bits per heavy atom. The van der Waals surface area contributed by atoms with E-state index in [9.17, 15) is 9.59 Å². The highest BCUT2D eigenvalue weighted by atomic mass is 16.5. The number of ether oxygens (including phenoxy) is 2. The fraction of sp³-hybridized carbons (Fsp3) is 0.529. The van der Waals surface area contributed by atoms with Crippen molar-refractivity contribution >= 4 is 11.9 Å². The van der Waals surface area contributed by atoms with Crippen LogP contribution in [0.4, 0.5) is 0 Å². The smallest absolute Gasteiger partial charge is 0.337 e. The summed E-state index contributed by atoms with van der Waals surface area (Å²) < 4.78 is 9.89. The largest absolute Gasteiger partial charge is 0.465 e. The summed E-state index contributed by atoms with van der Waals surface area (Å²) in [7, 11) is 1.38. The van der Waals surface area contributed by atoms with Crippen molar-refractivity contribution in [2.45, 2.75) is 46.1 Å². The molecule has 2 atom stereocenters. The Morgan fingerprint density at radius 3 is 2.57 bits per heavy atom. The molecule has 0 saturated carbocycles. The fourth-order valence-corrected chi connectivity index (χ4v) is 2.21. The molecule has 1 aromatic rings.